The van der Waals surface area contributed by atoms with E-state index in [2.05, 4.69) is 25.0 Å². The second-order valence-corrected chi connectivity index (χ2v) is 14.8. The Morgan fingerprint density at radius 1 is 1.00 bits per heavy atom. The summed E-state index contributed by atoms with van der Waals surface area (Å²) >= 11 is 17.5. The summed E-state index contributed by atoms with van der Waals surface area (Å²) in [5.41, 5.74) is 3.88. The van der Waals surface area contributed by atoms with E-state index in [0.29, 0.717) is 28.4 Å². The smallest absolute Gasteiger partial charge is 0.416 e. The van der Waals surface area contributed by atoms with Gasteiger partial charge in [0.15, 0.2) is 6.61 Å². The van der Waals surface area contributed by atoms with Gasteiger partial charge < -0.3 is 25.4 Å². The standard InChI is InChI=1S/C14H15N5O6S.C11H8ClNO3.C10H5Cl2F3N4O2/c1-8-15-12(17-13(16-8)25-3)19(2)14(22)18-26(23,24)10-7-5-4-6-9(10)11(20)21;12-8-3-4-9(16-6-10(14)15)11-7(8)2-1-5-13-11;11-5-1-4(10(13,14)15)2-6(12)8(5)18-9(16)7(3-17-18)19(20)21/h4-7H,1-3H3,(H,18,22)(H,20,21);1-5H,6H2,(H,14,15);1-3H,16H2. The fraction of sp³-hybridized carbons (Fsp3) is 0.143. The van der Waals surface area contributed by atoms with Crippen molar-refractivity contribution >= 4 is 91.2 Å². The Morgan fingerprint density at radius 2 is 1.65 bits per heavy atom. The number of aromatic nitrogens is 6. The number of nitrogens with two attached hydrogens (primary N) is 1. The molecule has 332 valence electrons. The van der Waals surface area contributed by atoms with Crippen LogP contribution in [0, 0.1) is 17.0 Å². The summed E-state index contributed by atoms with van der Waals surface area (Å²) in [6.45, 7) is 1.15. The Balaban J connectivity index is 0.000000213. The van der Waals surface area contributed by atoms with E-state index in [1.807, 2.05) is 0 Å². The summed E-state index contributed by atoms with van der Waals surface area (Å²) in [6, 6.07) is 11.9. The van der Waals surface area contributed by atoms with E-state index in [1.165, 1.54) is 26.3 Å². The fourth-order valence-electron chi connectivity index (χ4n) is 4.86. The Bertz CT molecular complexity index is 2810. The second-order valence-electron chi connectivity index (χ2n) is 11.9. The molecule has 0 saturated carbocycles. The summed E-state index contributed by atoms with van der Waals surface area (Å²) in [5.74, 6) is -2.34. The molecule has 0 spiro atoms. The number of hydrogen-bond acceptors (Lipinski definition) is 15. The van der Waals surface area contributed by atoms with Crippen LogP contribution in [0.2, 0.25) is 15.1 Å². The van der Waals surface area contributed by atoms with Crippen LogP contribution in [0.5, 0.6) is 11.8 Å². The van der Waals surface area contributed by atoms with Gasteiger partial charge in [0.25, 0.3) is 10.0 Å². The quantitative estimate of drug-likeness (QED) is 0.0845. The van der Waals surface area contributed by atoms with Gasteiger partial charge in [0, 0.05) is 18.6 Å². The van der Waals surface area contributed by atoms with Gasteiger partial charge in [0.2, 0.25) is 11.8 Å². The lowest BCUT2D eigenvalue weighted by Gasteiger charge is -2.17. The number of fused-ring (bicyclic) bond motifs is 1. The van der Waals surface area contributed by atoms with E-state index >= 15 is 0 Å². The van der Waals surface area contributed by atoms with Crippen molar-refractivity contribution in [1.29, 1.82) is 0 Å². The number of alkyl halides is 3. The molecule has 0 aliphatic carbocycles. The number of pyridine rings is 1. The maximum atomic E-state index is 12.6. The molecule has 6 rings (SSSR count). The van der Waals surface area contributed by atoms with Gasteiger partial charge in [-0.15, -0.1) is 0 Å². The van der Waals surface area contributed by atoms with Gasteiger partial charge in [0.05, 0.1) is 38.2 Å². The number of carbonyl (C=O) groups is 3. The van der Waals surface area contributed by atoms with Gasteiger partial charge in [-0.3, -0.25) is 20.0 Å². The molecule has 0 unspecified atom stereocenters. The zero-order valence-corrected chi connectivity index (χ0v) is 35.1. The number of carboxylic acid groups (broad SMARTS) is 2. The maximum Gasteiger partial charge on any atom is 0.416 e. The second kappa shape index (κ2) is 20.2. The van der Waals surface area contributed by atoms with Gasteiger partial charge in [-0.2, -0.15) is 33.2 Å². The Kier molecular flexibility index (Phi) is 15.6. The molecule has 0 atom stereocenters. The first kappa shape index (κ1) is 48.6. The van der Waals surface area contributed by atoms with E-state index in [0.717, 1.165) is 33.3 Å². The summed E-state index contributed by atoms with van der Waals surface area (Å²) in [7, 11) is -1.87. The van der Waals surface area contributed by atoms with Crippen molar-refractivity contribution in [2.75, 3.05) is 31.4 Å². The lowest BCUT2D eigenvalue weighted by molar-refractivity contribution is -0.383. The molecule has 0 aliphatic rings. The lowest BCUT2D eigenvalue weighted by Crippen LogP contribution is -2.42. The first-order chi connectivity index (χ1) is 29.5. The van der Waals surface area contributed by atoms with Gasteiger partial charge in [0.1, 0.15) is 33.9 Å². The third-order valence-corrected chi connectivity index (χ3v) is 9.98. The number of carboxylic acids is 2. The molecule has 6 aromatic rings. The molecule has 0 fully saturated rings. The highest BCUT2D eigenvalue weighted by Gasteiger charge is 2.33. The van der Waals surface area contributed by atoms with Crippen molar-refractivity contribution in [2.45, 2.75) is 18.0 Å². The third kappa shape index (κ3) is 12.1. The number of aliphatic carboxylic acids is 1. The van der Waals surface area contributed by atoms with Crippen LogP contribution in [0.3, 0.4) is 0 Å². The predicted molar refractivity (Wildman–Crippen MR) is 218 cm³/mol. The van der Waals surface area contributed by atoms with Gasteiger partial charge in [-0.1, -0.05) is 46.9 Å². The molecule has 2 amide bonds. The van der Waals surface area contributed by atoms with Gasteiger partial charge >= 0.3 is 35.8 Å². The molecule has 5 N–H and O–H groups in total. The molecular formula is C35H28Cl3F3N10O11S. The summed E-state index contributed by atoms with van der Waals surface area (Å²) in [5, 5.41) is 32.5. The number of urea groups is 1. The number of rotatable bonds is 10. The number of nitro groups is 1. The zero-order chi connectivity index (χ0) is 47.0. The van der Waals surface area contributed by atoms with E-state index in [4.69, 9.17) is 60.2 Å². The number of nitrogen functional groups attached to an aromatic ring is 1. The van der Waals surface area contributed by atoms with E-state index in [-0.39, 0.29) is 33.5 Å². The first-order valence-corrected chi connectivity index (χ1v) is 19.4. The van der Waals surface area contributed by atoms with Crippen molar-refractivity contribution in [3.8, 4) is 17.4 Å². The van der Waals surface area contributed by atoms with Crippen LogP contribution >= 0.6 is 34.8 Å². The summed E-state index contributed by atoms with van der Waals surface area (Å²) in [4.78, 5) is 59.8. The average molecular weight is 960 g/mol. The Hall–Kier alpha value is -7.09. The van der Waals surface area contributed by atoms with Crippen LogP contribution in [-0.4, -0.2) is 92.0 Å². The third-order valence-electron chi connectivity index (χ3n) is 7.70. The molecule has 3 heterocycles. The number of nitrogens with one attached hydrogen (secondary N) is 1. The van der Waals surface area contributed by atoms with Crippen LogP contribution in [-0.2, 0) is 21.0 Å². The summed E-state index contributed by atoms with van der Waals surface area (Å²) in [6.07, 6.45) is -2.18. The van der Waals surface area contributed by atoms with Crippen LogP contribution in [0.25, 0.3) is 16.6 Å². The normalized spacial score (nSPS) is 11.0. The van der Waals surface area contributed by atoms with Crippen LogP contribution in [0.15, 0.2) is 78.0 Å². The number of aryl methyl sites for hydroxylation is 1. The predicted octanol–water partition coefficient (Wildman–Crippen LogP) is 6.46. The van der Waals surface area contributed by atoms with Crippen molar-refractivity contribution in [1.82, 2.24) is 34.4 Å². The highest BCUT2D eigenvalue weighted by molar-refractivity contribution is 7.90. The highest BCUT2D eigenvalue weighted by atomic mass is 35.5. The molecule has 3 aromatic heterocycles. The molecular weight excluding hydrogens is 932 g/mol. The van der Waals surface area contributed by atoms with Crippen molar-refractivity contribution in [3.63, 3.8) is 0 Å². The Labute approximate surface area is 367 Å². The Morgan fingerprint density at radius 3 is 2.22 bits per heavy atom. The number of methoxy groups -OCH3 is 1. The number of carbonyl (C=O) groups excluding carboxylic acids is 1. The number of sulfonamides is 1. The van der Waals surface area contributed by atoms with E-state index < -0.39 is 73.2 Å². The number of anilines is 2. The number of amides is 2. The summed E-state index contributed by atoms with van der Waals surface area (Å²) < 4.78 is 75.2. The molecule has 0 saturated heterocycles. The minimum absolute atomic E-state index is 0.0498. The molecule has 0 radical (unpaired) electrons. The number of aromatic carboxylic acids is 1. The molecule has 0 bridgehead atoms. The minimum Gasteiger partial charge on any atom is -0.480 e. The molecule has 28 heteroatoms. The fourth-order valence-corrected chi connectivity index (χ4v) is 6.90. The average Bonchev–Trinajstić information content (AvgIpc) is 3.60. The number of halogens is 6. The number of nitrogens with zero attached hydrogens (tertiary/aromatic N) is 8. The highest BCUT2D eigenvalue weighted by Crippen LogP contribution is 2.39. The molecule has 3 aromatic carbocycles. The first-order valence-electron chi connectivity index (χ1n) is 16.8. The lowest BCUT2D eigenvalue weighted by atomic mass is 10.2. The van der Waals surface area contributed by atoms with Crippen molar-refractivity contribution < 1.29 is 60.6 Å². The number of ether oxygens (including phenoxy) is 2. The van der Waals surface area contributed by atoms with Crippen LogP contribution in [0.4, 0.5) is 35.4 Å². The van der Waals surface area contributed by atoms with Gasteiger partial charge in [-0.05, 0) is 55.5 Å². The molecule has 0 aliphatic heterocycles. The SMILES string of the molecule is COc1nc(C)nc(N(C)C(=O)NS(=O)(=O)c2ccccc2C(=O)O)n1.Nc1c([N+](=O)[O-])cnn1-c1c(Cl)cc(C(F)(F)F)cc1Cl.O=C(O)COc1ccc(Cl)c2cccnc12. The zero-order valence-electron chi connectivity index (χ0n) is 32.0. The monoisotopic (exact) mass is 958 g/mol. The van der Waals surface area contributed by atoms with Crippen LogP contribution < -0.4 is 24.8 Å². The van der Waals surface area contributed by atoms with Crippen molar-refractivity contribution in [2.24, 2.45) is 0 Å². The van der Waals surface area contributed by atoms with Crippen LogP contribution in [0.1, 0.15) is 21.7 Å². The molecule has 63 heavy (non-hydrogen) atoms. The minimum atomic E-state index is -4.63. The maximum absolute atomic E-state index is 12.6. The number of hydrogen-bond donors (Lipinski definition) is 4. The van der Waals surface area contributed by atoms with Gasteiger partial charge in [-0.25, -0.2) is 32.2 Å². The van der Waals surface area contributed by atoms with E-state index in [1.54, 1.807) is 42.1 Å². The van der Waals surface area contributed by atoms with E-state index in [9.17, 15) is 46.1 Å². The largest absolute Gasteiger partial charge is 0.480 e. The van der Waals surface area contributed by atoms with Crippen molar-refractivity contribution in [3.05, 3.63) is 115 Å². The molecule has 21 nitrogen and oxygen atoms in total. The topological polar surface area (TPSA) is 298 Å². The number of benzene rings is 3.